The highest BCUT2D eigenvalue weighted by Crippen LogP contribution is 2.24. The maximum atomic E-state index is 12.1. The lowest BCUT2D eigenvalue weighted by atomic mass is 9.82. The van der Waals surface area contributed by atoms with E-state index in [0.29, 0.717) is 5.03 Å². The molecule has 0 aliphatic carbocycles. The lowest BCUT2D eigenvalue weighted by molar-refractivity contribution is 0.491. The van der Waals surface area contributed by atoms with Crippen molar-refractivity contribution < 1.29 is 12.9 Å². The molecule has 2 nitrogen and oxygen atoms in total. The van der Waals surface area contributed by atoms with Crippen LogP contribution in [0.15, 0.2) is 35.7 Å². The highest BCUT2D eigenvalue weighted by molar-refractivity contribution is 7.99. The van der Waals surface area contributed by atoms with Crippen molar-refractivity contribution in [1.29, 1.82) is 0 Å². The third-order valence-corrected chi connectivity index (χ3v) is 2.43. The van der Waals surface area contributed by atoms with Gasteiger partial charge in [-0.2, -0.15) is 0 Å². The molecule has 76 valence electrons. The van der Waals surface area contributed by atoms with E-state index >= 15 is 0 Å². The maximum Gasteiger partial charge on any atom is 0.505 e. The predicted octanol–water partition coefficient (Wildman–Crippen LogP) is 2.51. The van der Waals surface area contributed by atoms with Gasteiger partial charge in [-0.25, -0.2) is 4.98 Å². The summed E-state index contributed by atoms with van der Waals surface area (Å²) in [5.74, 6) is -0.192. The Hall–Kier alpha value is -0.975. The summed E-state index contributed by atoms with van der Waals surface area (Å²) in [6.45, 7) is -1.96. The van der Waals surface area contributed by atoms with Crippen LogP contribution in [0.3, 0.4) is 0 Å². The van der Waals surface area contributed by atoms with Crippen molar-refractivity contribution >= 4 is 18.7 Å². The van der Waals surface area contributed by atoms with E-state index in [2.05, 4.69) is 16.5 Å². The van der Waals surface area contributed by atoms with Gasteiger partial charge in [0.05, 0.1) is 6.20 Å². The Labute approximate surface area is 83.7 Å². The second kappa shape index (κ2) is 4.50. The fourth-order valence-electron chi connectivity index (χ4n) is 0.621. The minimum Gasteiger partial charge on any atom is -0.445 e. The van der Waals surface area contributed by atoms with Crippen LogP contribution in [0.25, 0.3) is 0 Å². The van der Waals surface area contributed by atoms with Crippen molar-refractivity contribution in [3.63, 3.8) is 0 Å². The van der Waals surface area contributed by atoms with Crippen molar-refractivity contribution in [2.24, 2.45) is 0 Å². The van der Waals surface area contributed by atoms with Gasteiger partial charge in [-0.15, -0.1) is 23.8 Å². The number of thioether (sulfide) groups is 1. The Balaban J connectivity index is 2.46. The molecule has 0 aliphatic rings. The Morgan fingerprint density at radius 3 is 2.64 bits per heavy atom. The van der Waals surface area contributed by atoms with Crippen LogP contribution in [0.1, 0.15) is 0 Å². The summed E-state index contributed by atoms with van der Waals surface area (Å²) < 4.78 is 36.2. The third kappa shape index (κ3) is 3.41. The third-order valence-electron chi connectivity index (χ3n) is 1.41. The molecule has 7 heteroatoms. The first-order chi connectivity index (χ1) is 6.50. The Morgan fingerprint density at radius 1 is 1.43 bits per heavy atom. The van der Waals surface area contributed by atoms with Gasteiger partial charge in [-0.1, -0.05) is 0 Å². The van der Waals surface area contributed by atoms with E-state index in [9.17, 15) is 12.9 Å². The van der Waals surface area contributed by atoms with Crippen molar-refractivity contribution in [2.75, 3.05) is 5.75 Å². The van der Waals surface area contributed by atoms with Crippen LogP contribution in [-0.2, 0) is 0 Å². The molecule has 0 radical (unpaired) electrons. The van der Waals surface area contributed by atoms with Crippen LogP contribution in [-0.4, -0.2) is 22.7 Å². The summed E-state index contributed by atoms with van der Waals surface area (Å²) in [6, 6.07) is 0. The minimum atomic E-state index is -4.93. The number of aromatic nitrogens is 2. The number of rotatable bonds is 4. The largest absolute Gasteiger partial charge is 0.505 e. The van der Waals surface area contributed by atoms with Gasteiger partial charge in [0.25, 0.3) is 0 Å². The Bertz CT molecular complexity index is 314. The van der Waals surface area contributed by atoms with Crippen LogP contribution >= 0.6 is 11.8 Å². The van der Waals surface area contributed by atoms with Gasteiger partial charge in [0.2, 0.25) is 0 Å². The quantitative estimate of drug-likeness (QED) is 0.574. The summed E-state index contributed by atoms with van der Waals surface area (Å²) in [7, 11) is 0. The molecule has 0 N–H and O–H groups in total. The topological polar surface area (TPSA) is 25.8 Å². The van der Waals surface area contributed by atoms with Crippen LogP contribution in [0, 0.1) is 0 Å². The molecule has 0 spiro atoms. The van der Waals surface area contributed by atoms with Gasteiger partial charge in [-0.05, 0) is 5.75 Å². The first kappa shape index (κ1) is 11.1. The Morgan fingerprint density at radius 2 is 2.14 bits per heavy atom. The van der Waals surface area contributed by atoms with E-state index in [1.54, 1.807) is 0 Å². The average Bonchev–Trinajstić information content (AvgIpc) is 2.14. The molecule has 14 heavy (non-hydrogen) atoms. The molecule has 0 saturated heterocycles. The summed E-state index contributed by atoms with van der Waals surface area (Å²) in [4.78, 5) is 7.57. The maximum absolute atomic E-state index is 12.1. The van der Waals surface area contributed by atoms with Gasteiger partial charge >= 0.3 is 6.98 Å². The zero-order chi connectivity index (χ0) is 10.6. The summed E-state index contributed by atoms with van der Waals surface area (Å²) in [6.07, 6.45) is 4.32. The van der Waals surface area contributed by atoms with Crippen molar-refractivity contribution in [1.82, 2.24) is 9.97 Å². The van der Waals surface area contributed by atoms with Gasteiger partial charge < -0.3 is 12.9 Å². The number of hydrogen-bond donors (Lipinski definition) is 0. The predicted molar refractivity (Wildman–Crippen MR) is 51.0 cm³/mol. The Kier molecular flexibility index (Phi) is 3.57. The monoisotopic (exact) mass is 219 g/mol. The van der Waals surface area contributed by atoms with Gasteiger partial charge in [-0.3, -0.25) is 4.98 Å². The first-order valence-corrected chi connectivity index (χ1v) is 4.75. The molecule has 1 rings (SSSR count). The molecule has 1 aromatic rings. The number of halogens is 3. The van der Waals surface area contributed by atoms with Crippen LogP contribution < -0.4 is 0 Å². The van der Waals surface area contributed by atoms with Crippen molar-refractivity contribution in [3.05, 3.63) is 30.6 Å². The second-order valence-corrected chi connectivity index (χ2v) is 3.56. The molecule has 0 aromatic carbocycles. The zero-order valence-electron chi connectivity index (χ0n) is 7.16. The van der Waals surface area contributed by atoms with Gasteiger partial charge in [0.15, 0.2) is 0 Å². The molecule has 0 saturated carbocycles. The summed E-state index contributed by atoms with van der Waals surface area (Å²) in [5.41, 5.74) is -0.708. The summed E-state index contributed by atoms with van der Waals surface area (Å²) in [5, 5.41) is 0.466. The molecular formula is C7H7BF3N2S-. The van der Waals surface area contributed by atoms with E-state index in [-0.39, 0.29) is 5.75 Å². The molecule has 0 bridgehead atoms. The number of nitrogens with zero attached hydrogens (tertiary/aromatic N) is 2. The van der Waals surface area contributed by atoms with E-state index in [0.717, 1.165) is 11.8 Å². The van der Waals surface area contributed by atoms with Crippen molar-refractivity contribution in [3.8, 4) is 0 Å². The molecule has 0 fully saturated rings. The fourth-order valence-corrected chi connectivity index (χ4v) is 1.41. The smallest absolute Gasteiger partial charge is 0.445 e. The van der Waals surface area contributed by atoms with Gasteiger partial charge in [0.1, 0.15) is 5.03 Å². The van der Waals surface area contributed by atoms with Crippen molar-refractivity contribution in [2.45, 2.75) is 5.03 Å². The highest BCUT2D eigenvalue weighted by Gasteiger charge is 2.26. The van der Waals surface area contributed by atoms with Crippen LogP contribution in [0.2, 0.25) is 0 Å². The highest BCUT2D eigenvalue weighted by atomic mass is 32.2. The average molecular weight is 219 g/mol. The van der Waals surface area contributed by atoms with Crippen LogP contribution in [0.5, 0.6) is 0 Å². The van der Waals surface area contributed by atoms with E-state index in [4.69, 9.17) is 0 Å². The fraction of sp³-hybridized carbons (Fsp3) is 0.143. The summed E-state index contributed by atoms with van der Waals surface area (Å²) >= 11 is 0.978. The molecule has 0 atom stereocenters. The molecule has 0 aliphatic heterocycles. The van der Waals surface area contributed by atoms with E-state index < -0.39 is 12.4 Å². The molecule has 0 amide bonds. The molecule has 0 unspecified atom stereocenters. The van der Waals surface area contributed by atoms with E-state index in [1.807, 2.05) is 0 Å². The normalized spacial score (nSPS) is 11.4. The first-order valence-electron chi connectivity index (χ1n) is 3.76. The second-order valence-electron chi connectivity index (χ2n) is 2.57. The molecule has 1 heterocycles. The minimum absolute atomic E-state index is 0.192. The van der Waals surface area contributed by atoms with Gasteiger partial charge in [0, 0.05) is 12.4 Å². The zero-order valence-corrected chi connectivity index (χ0v) is 7.98. The standard InChI is InChI=1S/C7H7BF3N2S/c1-6(8(9,10)11)5-14-7-4-12-2-3-13-7/h2-4H,1,5H2/q-1. The van der Waals surface area contributed by atoms with Crippen LogP contribution in [0.4, 0.5) is 12.9 Å². The molecular weight excluding hydrogens is 212 g/mol. The molecule has 1 aromatic heterocycles. The number of hydrogen-bond acceptors (Lipinski definition) is 3. The lowest BCUT2D eigenvalue weighted by Gasteiger charge is -2.16. The lowest BCUT2D eigenvalue weighted by Crippen LogP contribution is -2.20. The van der Waals surface area contributed by atoms with E-state index in [1.165, 1.54) is 18.6 Å². The SMILES string of the molecule is C=C(CSc1cnccn1)[B-](F)(F)F.